The van der Waals surface area contributed by atoms with Crippen LogP contribution in [0.5, 0.6) is 0 Å². The van der Waals surface area contributed by atoms with Crippen molar-refractivity contribution < 1.29 is 23.5 Å². The molecule has 2 unspecified atom stereocenters. The van der Waals surface area contributed by atoms with Crippen LogP contribution < -0.4 is 10.6 Å². The van der Waals surface area contributed by atoms with E-state index in [0.29, 0.717) is 43.7 Å². The molecule has 41 heavy (non-hydrogen) atoms. The maximum absolute atomic E-state index is 13.9. The standard InChI is InChI=1S/C33H41F2N3O3/c1-3-5-17-38(16-4-2)33(41)27-13-9-12-26(21-27)32(40)37-30(20-25-18-28(34)22-29(35)19-25)31(39)14-15-36-23-24-10-7-6-8-11-24/h6-13,18-19,21-22,30-31,36,39H,3-5,14-17,20,23H2,1-2H3,(H,37,40). The Labute approximate surface area is 241 Å². The monoisotopic (exact) mass is 565 g/mol. The van der Waals surface area contributed by atoms with Crippen LogP contribution in [0, 0.1) is 11.6 Å². The average molecular weight is 566 g/mol. The van der Waals surface area contributed by atoms with E-state index >= 15 is 0 Å². The minimum absolute atomic E-state index is 0.0280. The van der Waals surface area contributed by atoms with Gasteiger partial charge in [-0.05, 0) is 73.7 Å². The van der Waals surface area contributed by atoms with Crippen molar-refractivity contribution in [2.75, 3.05) is 19.6 Å². The molecule has 220 valence electrons. The number of benzene rings is 3. The molecular formula is C33H41F2N3O3. The number of halogens is 2. The molecule has 3 rings (SSSR count). The van der Waals surface area contributed by atoms with Gasteiger partial charge in [-0.2, -0.15) is 0 Å². The number of hydrogen-bond donors (Lipinski definition) is 3. The van der Waals surface area contributed by atoms with Gasteiger partial charge in [0.25, 0.3) is 11.8 Å². The molecule has 3 aromatic carbocycles. The Kier molecular flexibility index (Phi) is 12.9. The number of amides is 2. The number of aliphatic hydroxyl groups excluding tert-OH is 1. The average Bonchev–Trinajstić information content (AvgIpc) is 2.96. The predicted octanol–water partition coefficient (Wildman–Crippen LogP) is 5.50. The minimum atomic E-state index is -0.993. The summed E-state index contributed by atoms with van der Waals surface area (Å²) in [6.07, 6.45) is 2.03. The van der Waals surface area contributed by atoms with Crippen LogP contribution >= 0.6 is 0 Å². The van der Waals surface area contributed by atoms with Gasteiger partial charge in [0.15, 0.2) is 0 Å². The zero-order valence-corrected chi connectivity index (χ0v) is 23.9. The van der Waals surface area contributed by atoms with E-state index in [1.54, 1.807) is 29.2 Å². The summed E-state index contributed by atoms with van der Waals surface area (Å²) in [4.78, 5) is 28.3. The van der Waals surface area contributed by atoms with Crippen LogP contribution in [0.2, 0.25) is 0 Å². The van der Waals surface area contributed by atoms with Crippen LogP contribution in [-0.2, 0) is 13.0 Å². The fraction of sp³-hybridized carbons (Fsp3) is 0.394. The molecule has 0 aromatic heterocycles. The van der Waals surface area contributed by atoms with Crippen LogP contribution in [0.3, 0.4) is 0 Å². The highest BCUT2D eigenvalue weighted by Gasteiger charge is 2.24. The molecule has 2 atom stereocenters. The lowest BCUT2D eigenvalue weighted by atomic mass is 9.98. The van der Waals surface area contributed by atoms with E-state index in [0.717, 1.165) is 30.9 Å². The van der Waals surface area contributed by atoms with E-state index in [1.165, 1.54) is 12.1 Å². The van der Waals surface area contributed by atoms with Crippen molar-refractivity contribution in [2.45, 2.75) is 64.6 Å². The first kappa shape index (κ1) is 31.9. The Morgan fingerprint density at radius 1 is 0.854 bits per heavy atom. The van der Waals surface area contributed by atoms with Crippen molar-refractivity contribution in [1.29, 1.82) is 0 Å². The maximum atomic E-state index is 13.9. The number of hydrogen-bond acceptors (Lipinski definition) is 4. The molecule has 0 spiro atoms. The van der Waals surface area contributed by atoms with Gasteiger partial charge in [-0.25, -0.2) is 8.78 Å². The first-order valence-corrected chi connectivity index (χ1v) is 14.4. The molecule has 3 N–H and O–H groups in total. The lowest BCUT2D eigenvalue weighted by molar-refractivity contribution is 0.0753. The molecule has 2 amide bonds. The largest absolute Gasteiger partial charge is 0.391 e. The third kappa shape index (κ3) is 10.4. The summed E-state index contributed by atoms with van der Waals surface area (Å²) in [6, 6.07) is 18.7. The van der Waals surface area contributed by atoms with Gasteiger partial charge in [0.05, 0.1) is 12.1 Å². The molecule has 0 heterocycles. The second-order valence-corrected chi connectivity index (χ2v) is 10.3. The number of nitrogens with zero attached hydrogens (tertiary/aromatic N) is 1. The number of aliphatic hydroxyl groups is 1. The second kappa shape index (κ2) is 16.6. The van der Waals surface area contributed by atoms with E-state index in [-0.39, 0.29) is 17.9 Å². The van der Waals surface area contributed by atoms with Crippen LogP contribution in [0.4, 0.5) is 8.78 Å². The molecule has 0 radical (unpaired) electrons. The zero-order chi connectivity index (χ0) is 29.6. The molecule has 0 aliphatic rings. The first-order chi connectivity index (χ1) is 19.8. The quantitative estimate of drug-likeness (QED) is 0.201. The van der Waals surface area contributed by atoms with Gasteiger partial charge in [-0.1, -0.05) is 56.7 Å². The van der Waals surface area contributed by atoms with E-state index in [9.17, 15) is 23.5 Å². The molecule has 3 aromatic rings. The Morgan fingerprint density at radius 2 is 1.56 bits per heavy atom. The summed E-state index contributed by atoms with van der Waals surface area (Å²) < 4.78 is 27.8. The Balaban J connectivity index is 1.72. The Bertz CT molecular complexity index is 1240. The third-order valence-corrected chi connectivity index (χ3v) is 6.88. The van der Waals surface area contributed by atoms with Gasteiger partial charge in [-0.15, -0.1) is 0 Å². The van der Waals surface area contributed by atoms with Crippen molar-refractivity contribution in [2.24, 2.45) is 0 Å². The fourth-order valence-corrected chi connectivity index (χ4v) is 4.71. The van der Waals surface area contributed by atoms with E-state index in [2.05, 4.69) is 17.6 Å². The van der Waals surface area contributed by atoms with Crippen LogP contribution in [-0.4, -0.2) is 53.6 Å². The van der Waals surface area contributed by atoms with Crippen LogP contribution in [0.25, 0.3) is 0 Å². The van der Waals surface area contributed by atoms with Crippen molar-refractivity contribution in [3.63, 3.8) is 0 Å². The predicted molar refractivity (Wildman–Crippen MR) is 158 cm³/mol. The van der Waals surface area contributed by atoms with Gasteiger partial charge in [0.1, 0.15) is 11.6 Å². The molecule has 0 fully saturated rings. The van der Waals surface area contributed by atoms with Crippen molar-refractivity contribution in [3.8, 4) is 0 Å². The van der Waals surface area contributed by atoms with E-state index < -0.39 is 29.7 Å². The van der Waals surface area contributed by atoms with Gasteiger partial charge < -0.3 is 20.6 Å². The topological polar surface area (TPSA) is 81.7 Å². The number of carbonyl (C=O) groups is 2. The summed E-state index contributed by atoms with van der Waals surface area (Å²) in [5.41, 5.74) is 2.10. The molecule has 0 bridgehead atoms. The number of nitrogens with one attached hydrogen (secondary N) is 2. The highest BCUT2D eigenvalue weighted by Crippen LogP contribution is 2.15. The van der Waals surface area contributed by atoms with Crippen LogP contribution in [0.15, 0.2) is 72.8 Å². The summed E-state index contributed by atoms with van der Waals surface area (Å²) in [7, 11) is 0. The summed E-state index contributed by atoms with van der Waals surface area (Å²) in [5.74, 6) is -2.07. The second-order valence-electron chi connectivity index (χ2n) is 10.3. The number of unbranched alkanes of at least 4 members (excludes halogenated alkanes) is 1. The van der Waals surface area contributed by atoms with Crippen molar-refractivity contribution in [1.82, 2.24) is 15.5 Å². The molecular weight excluding hydrogens is 524 g/mol. The zero-order valence-electron chi connectivity index (χ0n) is 23.9. The third-order valence-electron chi connectivity index (χ3n) is 6.88. The lowest BCUT2D eigenvalue weighted by Crippen LogP contribution is -2.46. The molecule has 0 saturated carbocycles. The highest BCUT2D eigenvalue weighted by molar-refractivity contribution is 5.99. The first-order valence-electron chi connectivity index (χ1n) is 14.4. The van der Waals surface area contributed by atoms with E-state index in [4.69, 9.17) is 0 Å². The van der Waals surface area contributed by atoms with E-state index in [1.807, 2.05) is 37.3 Å². The Morgan fingerprint density at radius 3 is 2.24 bits per heavy atom. The van der Waals surface area contributed by atoms with Crippen molar-refractivity contribution in [3.05, 3.63) is 107 Å². The van der Waals surface area contributed by atoms with Crippen molar-refractivity contribution >= 4 is 11.8 Å². The molecule has 6 nitrogen and oxygen atoms in total. The normalized spacial score (nSPS) is 12.5. The molecule has 0 aliphatic carbocycles. The highest BCUT2D eigenvalue weighted by atomic mass is 19.1. The minimum Gasteiger partial charge on any atom is -0.391 e. The summed E-state index contributed by atoms with van der Waals surface area (Å²) >= 11 is 0. The summed E-state index contributed by atoms with van der Waals surface area (Å²) in [6.45, 7) is 6.45. The smallest absolute Gasteiger partial charge is 0.253 e. The van der Waals surface area contributed by atoms with Crippen LogP contribution in [0.1, 0.15) is 71.4 Å². The molecule has 8 heteroatoms. The lowest BCUT2D eigenvalue weighted by Gasteiger charge is -2.25. The SMILES string of the molecule is CCCCN(CCC)C(=O)c1cccc(C(=O)NC(Cc2cc(F)cc(F)c2)C(O)CCNCc2ccccc2)c1. The number of carbonyl (C=O) groups excluding carboxylic acids is 2. The molecule has 0 saturated heterocycles. The number of rotatable bonds is 16. The Hall–Kier alpha value is -3.62. The van der Waals surface area contributed by atoms with Gasteiger partial charge in [0, 0.05) is 36.8 Å². The fourth-order valence-electron chi connectivity index (χ4n) is 4.71. The molecule has 0 aliphatic heterocycles. The van der Waals surface area contributed by atoms with Gasteiger partial charge in [0.2, 0.25) is 0 Å². The summed E-state index contributed by atoms with van der Waals surface area (Å²) in [5, 5.41) is 17.2. The van der Waals surface area contributed by atoms with Gasteiger partial charge >= 0.3 is 0 Å². The maximum Gasteiger partial charge on any atom is 0.253 e. The van der Waals surface area contributed by atoms with Gasteiger partial charge in [-0.3, -0.25) is 9.59 Å².